The van der Waals surface area contributed by atoms with Crippen molar-refractivity contribution in [3.05, 3.63) is 66.2 Å². The molecule has 24 heavy (non-hydrogen) atoms. The van der Waals surface area contributed by atoms with Crippen LogP contribution >= 0.6 is 0 Å². The number of nitrogens with zero attached hydrogens (tertiary/aromatic N) is 2. The van der Waals surface area contributed by atoms with E-state index in [1.807, 2.05) is 0 Å². The lowest BCUT2D eigenvalue weighted by Crippen LogP contribution is -2.09. The van der Waals surface area contributed by atoms with Crippen molar-refractivity contribution in [3.8, 4) is 0 Å². The average molecular weight is 334 g/mol. The first-order valence-electron chi connectivity index (χ1n) is 7.05. The molecule has 0 aliphatic carbocycles. The Kier molecular flexibility index (Phi) is 4.37. The molecule has 0 unspecified atom stereocenters. The third kappa shape index (κ3) is 3.83. The highest BCUT2D eigenvalue weighted by molar-refractivity contribution is 5.61. The monoisotopic (exact) mass is 334 g/mol. The van der Waals surface area contributed by atoms with Crippen molar-refractivity contribution in [1.29, 1.82) is 0 Å². The van der Waals surface area contributed by atoms with Gasteiger partial charge in [-0.25, -0.2) is 4.98 Å². The molecular formula is C16H13F3N4O. The van der Waals surface area contributed by atoms with E-state index in [-0.39, 0.29) is 17.5 Å². The number of benzene rings is 1. The van der Waals surface area contributed by atoms with Gasteiger partial charge >= 0.3 is 6.18 Å². The van der Waals surface area contributed by atoms with Crippen LogP contribution in [-0.2, 0) is 12.7 Å². The van der Waals surface area contributed by atoms with Gasteiger partial charge in [0.2, 0.25) is 5.95 Å². The van der Waals surface area contributed by atoms with E-state index in [1.165, 1.54) is 30.5 Å². The van der Waals surface area contributed by atoms with Crippen LogP contribution in [0.2, 0.25) is 0 Å². The molecule has 2 aromatic heterocycles. The molecule has 0 radical (unpaired) electrons. The Hall–Kier alpha value is -3.03. The van der Waals surface area contributed by atoms with E-state index in [9.17, 15) is 13.2 Å². The molecule has 0 saturated carbocycles. The van der Waals surface area contributed by atoms with Crippen LogP contribution < -0.4 is 10.6 Å². The quantitative estimate of drug-likeness (QED) is 0.722. The standard InChI is InChI=1S/C16H13F3N4O/c17-16(18,19)12-5-1-2-6-13(12)22-14-7-8-20-15(23-14)21-10-11-4-3-9-24-11/h1-9H,10H2,(H2,20,21,22,23). The fraction of sp³-hybridized carbons (Fsp3) is 0.125. The summed E-state index contributed by atoms with van der Waals surface area (Å²) in [6.07, 6.45) is -1.45. The minimum atomic E-state index is -4.45. The smallest absolute Gasteiger partial charge is 0.418 e. The van der Waals surface area contributed by atoms with Crippen LogP contribution in [0.25, 0.3) is 0 Å². The van der Waals surface area contributed by atoms with E-state index in [1.54, 1.807) is 18.4 Å². The highest BCUT2D eigenvalue weighted by atomic mass is 19.4. The zero-order chi connectivity index (χ0) is 17.0. The Morgan fingerprint density at radius 1 is 1.04 bits per heavy atom. The van der Waals surface area contributed by atoms with Crippen molar-refractivity contribution in [2.24, 2.45) is 0 Å². The molecular weight excluding hydrogens is 321 g/mol. The number of anilines is 3. The molecule has 0 amide bonds. The van der Waals surface area contributed by atoms with Crippen LogP contribution in [0.3, 0.4) is 0 Å². The van der Waals surface area contributed by atoms with Gasteiger partial charge in [-0.05, 0) is 30.3 Å². The summed E-state index contributed by atoms with van der Waals surface area (Å²) >= 11 is 0. The predicted octanol–water partition coefficient (Wildman–Crippen LogP) is 4.44. The number of aromatic nitrogens is 2. The molecule has 2 heterocycles. The van der Waals surface area contributed by atoms with Gasteiger partial charge in [0.1, 0.15) is 11.6 Å². The first kappa shape index (κ1) is 15.9. The number of nitrogens with one attached hydrogen (secondary N) is 2. The van der Waals surface area contributed by atoms with Gasteiger partial charge in [0.25, 0.3) is 0 Å². The summed E-state index contributed by atoms with van der Waals surface area (Å²) in [7, 11) is 0. The predicted molar refractivity (Wildman–Crippen MR) is 82.8 cm³/mol. The van der Waals surface area contributed by atoms with Crippen molar-refractivity contribution in [3.63, 3.8) is 0 Å². The van der Waals surface area contributed by atoms with E-state index in [4.69, 9.17) is 4.42 Å². The largest absolute Gasteiger partial charge is 0.467 e. The van der Waals surface area contributed by atoms with E-state index >= 15 is 0 Å². The van der Waals surface area contributed by atoms with Crippen molar-refractivity contribution in [1.82, 2.24) is 9.97 Å². The number of furan rings is 1. The molecule has 3 rings (SSSR count). The molecule has 0 aliphatic heterocycles. The first-order chi connectivity index (χ1) is 11.5. The Morgan fingerprint density at radius 3 is 2.62 bits per heavy atom. The lowest BCUT2D eigenvalue weighted by Gasteiger charge is -2.14. The summed E-state index contributed by atoms with van der Waals surface area (Å²) in [6, 6.07) is 10.3. The maximum Gasteiger partial charge on any atom is 0.418 e. The van der Waals surface area contributed by atoms with Crippen molar-refractivity contribution < 1.29 is 17.6 Å². The number of halogens is 3. The first-order valence-corrected chi connectivity index (χ1v) is 7.05. The number of rotatable bonds is 5. The Balaban J connectivity index is 1.75. The summed E-state index contributed by atoms with van der Waals surface area (Å²) in [6.45, 7) is 0.371. The minimum absolute atomic E-state index is 0.0688. The molecule has 2 N–H and O–H groups in total. The van der Waals surface area contributed by atoms with Gasteiger partial charge < -0.3 is 15.1 Å². The van der Waals surface area contributed by atoms with Gasteiger partial charge in [-0.1, -0.05) is 12.1 Å². The van der Waals surface area contributed by atoms with Crippen LogP contribution in [0.1, 0.15) is 11.3 Å². The highest BCUT2D eigenvalue weighted by Crippen LogP contribution is 2.35. The Bertz CT molecular complexity index is 803. The van der Waals surface area contributed by atoms with E-state index in [2.05, 4.69) is 20.6 Å². The van der Waals surface area contributed by atoms with Gasteiger partial charge in [-0.2, -0.15) is 18.2 Å². The maximum absolute atomic E-state index is 13.0. The Morgan fingerprint density at radius 2 is 1.88 bits per heavy atom. The van der Waals surface area contributed by atoms with Crippen LogP contribution in [0, 0.1) is 0 Å². The minimum Gasteiger partial charge on any atom is -0.467 e. The summed E-state index contributed by atoms with van der Waals surface area (Å²) in [5.41, 5.74) is -0.825. The highest BCUT2D eigenvalue weighted by Gasteiger charge is 2.33. The number of alkyl halides is 3. The fourth-order valence-electron chi connectivity index (χ4n) is 2.07. The van der Waals surface area contributed by atoms with Crippen molar-refractivity contribution >= 4 is 17.5 Å². The fourth-order valence-corrected chi connectivity index (χ4v) is 2.07. The van der Waals surface area contributed by atoms with Crippen molar-refractivity contribution in [2.75, 3.05) is 10.6 Å². The molecule has 1 aromatic carbocycles. The molecule has 0 spiro atoms. The molecule has 8 heteroatoms. The third-order valence-corrected chi connectivity index (χ3v) is 3.15. The second-order valence-electron chi connectivity index (χ2n) is 4.87. The van der Waals surface area contributed by atoms with E-state index < -0.39 is 11.7 Å². The Labute approximate surface area is 135 Å². The number of hydrogen-bond donors (Lipinski definition) is 2. The van der Waals surface area contributed by atoms with Gasteiger partial charge in [-0.15, -0.1) is 0 Å². The topological polar surface area (TPSA) is 63.0 Å². The lowest BCUT2D eigenvalue weighted by molar-refractivity contribution is -0.136. The number of para-hydroxylation sites is 1. The molecule has 0 fully saturated rings. The number of hydrogen-bond acceptors (Lipinski definition) is 5. The normalized spacial score (nSPS) is 11.3. The molecule has 0 atom stereocenters. The average Bonchev–Trinajstić information content (AvgIpc) is 3.06. The summed E-state index contributed by atoms with van der Waals surface area (Å²) in [5.74, 6) is 1.23. The van der Waals surface area contributed by atoms with E-state index in [0.29, 0.717) is 12.3 Å². The second kappa shape index (κ2) is 6.61. The molecule has 0 aliphatic rings. The lowest BCUT2D eigenvalue weighted by atomic mass is 10.1. The van der Waals surface area contributed by atoms with Crippen molar-refractivity contribution in [2.45, 2.75) is 12.7 Å². The van der Waals surface area contributed by atoms with Gasteiger partial charge in [-0.3, -0.25) is 0 Å². The molecule has 5 nitrogen and oxygen atoms in total. The molecule has 0 bridgehead atoms. The maximum atomic E-state index is 13.0. The summed E-state index contributed by atoms with van der Waals surface area (Å²) < 4.78 is 44.2. The molecule has 3 aromatic rings. The third-order valence-electron chi connectivity index (χ3n) is 3.15. The van der Waals surface area contributed by atoms with Crippen LogP contribution in [0.5, 0.6) is 0 Å². The SMILES string of the molecule is FC(F)(F)c1ccccc1Nc1ccnc(NCc2ccco2)n1. The summed E-state index contributed by atoms with van der Waals surface area (Å²) in [5, 5.41) is 5.62. The van der Waals surface area contributed by atoms with Gasteiger partial charge in [0.15, 0.2) is 0 Å². The van der Waals surface area contributed by atoms with E-state index in [0.717, 1.165) is 6.07 Å². The van der Waals surface area contributed by atoms with Gasteiger partial charge in [0.05, 0.1) is 24.1 Å². The van der Waals surface area contributed by atoms with Gasteiger partial charge in [0, 0.05) is 6.20 Å². The molecule has 0 saturated heterocycles. The zero-order valence-electron chi connectivity index (χ0n) is 12.3. The molecule has 124 valence electrons. The van der Waals surface area contributed by atoms with Crippen LogP contribution in [-0.4, -0.2) is 9.97 Å². The summed E-state index contributed by atoms with van der Waals surface area (Å²) in [4.78, 5) is 8.17. The zero-order valence-corrected chi connectivity index (χ0v) is 12.3. The van der Waals surface area contributed by atoms with Crippen LogP contribution in [0.4, 0.5) is 30.6 Å². The van der Waals surface area contributed by atoms with Crippen LogP contribution in [0.15, 0.2) is 59.3 Å². The second-order valence-corrected chi connectivity index (χ2v) is 4.87.